The lowest BCUT2D eigenvalue weighted by atomic mass is 10.3. The lowest BCUT2D eigenvalue weighted by Gasteiger charge is -2.08. The van der Waals surface area contributed by atoms with Gasteiger partial charge in [-0.25, -0.2) is 9.97 Å². The van der Waals surface area contributed by atoms with Gasteiger partial charge in [-0.15, -0.1) is 0 Å². The summed E-state index contributed by atoms with van der Waals surface area (Å²) in [6, 6.07) is 3.55. The van der Waals surface area contributed by atoms with E-state index in [9.17, 15) is 14.5 Å². The smallest absolute Gasteiger partial charge is 0.271 e. The van der Waals surface area contributed by atoms with E-state index in [1.807, 2.05) is 0 Å². The molecule has 2 rings (SSSR count). The number of benzene rings is 1. The van der Waals surface area contributed by atoms with Crippen molar-refractivity contribution < 1.29 is 14.1 Å². The first kappa shape index (κ1) is 13.8. The molecule has 0 bridgehead atoms. The van der Waals surface area contributed by atoms with Crippen LogP contribution in [-0.4, -0.2) is 14.9 Å². The fraction of sp³-hybridized carbons (Fsp3) is 0. The molecule has 0 aliphatic carbocycles. The zero-order chi connectivity index (χ0) is 14.0. The first-order chi connectivity index (χ1) is 8.97. The molecule has 0 saturated heterocycles. The number of nitro groups is 1. The minimum Gasteiger partial charge on any atom is -0.436 e. The summed E-state index contributed by atoms with van der Waals surface area (Å²) in [6.45, 7) is 0. The summed E-state index contributed by atoms with van der Waals surface area (Å²) in [5.74, 6) is -0.495. The van der Waals surface area contributed by atoms with Crippen molar-refractivity contribution in [3.8, 4) is 11.6 Å². The summed E-state index contributed by atoms with van der Waals surface area (Å²) in [5.41, 5.74) is -0.111. The number of nitro benzene ring substituents is 1. The van der Waals surface area contributed by atoms with E-state index in [4.69, 9.17) is 4.74 Å². The van der Waals surface area contributed by atoms with E-state index in [1.54, 1.807) is 0 Å². The Morgan fingerprint density at radius 1 is 1.21 bits per heavy atom. The van der Waals surface area contributed by atoms with Crippen molar-refractivity contribution in [1.29, 1.82) is 0 Å². The molecule has 0 radical (unpaired) electrons. The molecule has 2 aromatic rings. The summed E-state index contributed by atoms with van der Waals surface area (Å²) in [6.07, 6.45) is 1.01. The second-order valence-electron chi connectivity index (χ2n) is 3.28. The maximum absolute atomic E-state index is 12.9. The van der Waals surface area contributed by atoms with Crippen molar-refractivity contribution in [2.75, 3.05) is 0 Å². The fourth-order valence-corrected chi connectivity index (χ4v) is 2.55. The van der Waals surface area contributed by atoms with Crippen molar-refractivity contribution in [1.82, 2.24) is 9.97 Å². The molecule has 0 N–H and O–H groups in total. The molecule has 0 aliphatic rings. The summed E-state index contributed by atoms with van der Waals surface area (Å²) in [7, 11) is 0. The third kappa shape index (κ3) is 3.24. The molecule has 0 unspecified atom stereocenters. The zero-order valence-corrected chi connectivity index (χ0v) is 12.2. The number of nitrogens with zero attached hydrogens (tertiary/aromatic N) is 3. The van der Waals surface area contributed by atoms with E-state index in [0.717, 1.165) is 12.4 Å². The van der Waals surface area contributed by atoms with E-state index < -0.39 is 10.9 Å². The van der Waals surface area contributed by atoms with Crippen LogP contribution in [0, 0.1) is 16.1 Å². The second kappa shape index (κ2) is 5.57. The lowest BCUT2D eigenvalue weighted by molar-refractivity contribution is -0.385. The van der Waals surface area contributed by atoms with Gasteiger partial charge in [0.1, 0.15) is 6.33 Å². The molecular weight excluding hydrogens is 389 g/mol. The maximum atomic E-state index is 12.9. The minimum atomic E-state index is -0.737. The summed E-state index contributed by atoms with van der Waals surface area (Å²) in [5, 5.41) is 10.7. The van der Waals surface area contributed by atoms with E-state index in [0.29, 0.717) is 8.95 Å². The van der Waals surface area contributed by atoms with Gasteiger partial charge in [-0.3, -0.25) is 10.1 Å². The van der Waals surface area contributed by atoms with Gasteiger partial charge in [0.2, 0.25) is 11.8 Å². The van der Waals surface area contributed by atoms with Gasteiger partial charge >= 0.3 is 0 Å². The monoisotopic (exact) mass is 391 g/mol. The molecule has 1 aromatic heterocycles. The van der Waals surface area contributed by atoms with Crippen LogP contribution in [0.2, 0.25) is 0 Å². The molecule has 0 saturated carbocycles. The van der Waals surface area contributed by atoms with Crippen LogP contribution in [0.4, 0.5) is 10.1 Å². The average molecular weight is 393 g/mol. The average Bonchev–Trinajstić information content (AvgIpc) is 2.33. The SMILES string of the molecule is O=[N+]([O-])c1cc(Br)c(Oc2cc(F)ncn2)c(Br)c1. The van der Waals surface area contributed by atoms with Crippen molar-refractivity contribution in [3.63, 3.8) is 0 Å². The van der Waals surface area contributed by atoms with E-state index in [-0.39, 0.29) is 17.3 Å². The van der Waals surface area contributed by atoms with Gasteiger partial charge in [0, 0.05) is 12.1 Å². The van der Waals surface area contributed by atoms with Gasteiger partial charge in [-0.05, 0) is 31.9 Å². The van der Waals surface area contributed by atoms with Crippen molar-refractivity contribution in [3.05, 3.63) is 49.5 Å². The van der Waals surface area contributed by atoms with E-state index in [2.05, 4.69) is 41.8 Å². The zero-order valence-electron chi connectivity index (χ0n) is 9.01. The molecule has 1 aromatic carbocycles. The fourth-order valence-electron chi connectivity index (χ4n) is 1.23. The highest BCUT2D eigenvalue weighted by Crippen LogP contribution is 2.39. The molecule has 98 valence electrons. The molecule has 0 spiro atoms. The van der Waals surface area contributed by atoms with Crippen LogP contribution in [0.5, 0.6) is 11.6 Å². The largest absolute Gasteiger partial charge is 0.436 e. The molecule has 1 heterocycles. The number of aromatic nitrogens is 2. The van der Waals surface area contributed by atoms with Crippen LogP contribution < -0.4 is 4.74 Å². The van der Waals surface area contributed by atoms with Gasteiger partial charge in [0.05, 0.1) is 19.9 Å². The highest BCUT2D eigenvalue weighted by Gasteiger charge is 2.16. The van der Waals surface area contributed by atoms with Crippen molar-refractivity contribution in [2.45, 2.75) is 0 Å². The van der Waals surface area contributed by atoms with Crippen LogP contribution in [0.15, 0.2) is 33.5 Å². The Balaban J connectivity index is 2.38. The Hall–Kier alpha value is -1.61. The summed E-state index contributed by atoms with van der Waals surface area (Å²) in [4.78, 5) is 17.2. The third-order valence-corrected chi connectivity index (χ3v) is 3.19. The highest BCUT2D eigenvalue weighted by molar-refractivity contribution is 9.11. The molecule has 0 atom stereocenters. The Kier molecular flexibility index (Phi) is 4.05. The Morgan fingerprint density at radius 3 is 2.37 bits per heavy atom. The van der Waals surface area contributed by atoms with Crippen LogP contribution in [0.1, 0.15) is 0 Å². The molecule has 6 nitrogen and oxygen atoms in total. The lowest BCUT2D eigenvalue weighted by Crippen LogP contribution is -1.94. The number of halogens is 3. The van der Waals surface area contributed by atoms with Gasteiger partial charge in [-0.2, -0.15) is 4.39 Å². The molecule has 9 heteroatoms. The van der Waals surface area contributed by atoms with E-state index >= 15 is 0 Å². The van der Waals surface area contributed by atoms with Crippen LogP contribution in [0.25, 0.3) is 0 Å². The van der Waals surface area contributed by atoms with Crippen molar-refractivity contribution in [2.24, 2.45) is 0 Å². The predicted molar refractivity (Wildman–Crippen MR) is 70.6 cm³/mol. The van der Waals surface area contributed by atoms with Gasteiger partial charge in [-0.1, -0.05) is 0 Å². The first-order valence-electron chi connectivity index (χ1n) is 4.76. The third-order valence-electron chi connectivity index (χ3n) is 2.01. The molecule has 0 aliphatic heterocycles. The number of rotatable bonds is 3. The maximum Gasteiger partial charge on any atom is 0.271 e. The normalized spacial score (nSPS) is 10.3. The summed E-state index contributed by atoms with van der Waals surface area (Å²) >= 11 is 6.29. The molecule has 0 amide bonds. The van der Waals surface area contributed by atoms with Crippen LogP contribution >= 0.6 is 31.9 Å². The Morgan fingerprint density at radius 2 is 1.84 bits per heavy atom. The predicted octanol–water partition coefficient (Wildman–Crippen LogP) is 3.84. The van der Waals surface area contributed by atoms with E-state index in [1.165, 1.54) is 12.1 Å². The first-order valence-corrected chi connectivity index (χ1v) is 6.35. The molecular formula is C10H4Br2FN3O3. The number of hydrogen-bond donors (Lipinski definition) is 0. The quantitative estimate of drug-likeness (QED) is 0.450. The standard InChI is InChI=1S/C10H4Br2FN3O3/c11-6-1-5(16(17)18)2-7(12)10(6)19-9-3-8(13)14-4-15-9/h1-4H. The summed E-state index contributed by atoms with van der Waals surface area (Å²) < 4.78 is 18.9. The molecule has 19 heavy (non-hydrogen) atoms. The van der Waals surface area contributed by atoms with Crippen molar-refractivity contribution >= 4 is 37.5 Å². The highest BCUT2D eigenvalue weighted by atomic mass is 79.9. The minimum absolute atomic E-state index is 0.0113. The Bertz CT molecular complexity index is 631. The number of ether oxygens (including phenoxy) is 1. The number of non-ortho nitro benzene ring substituents is 1. The van der Waals surface area contributed by atoms with Crippen LogP contribution in [-0.2, 0) is 0 Å². The van der Waals surface area contributed by atoms with Crippen LogP contribution in [0.3, 0.4) is 0 Å². The van der Waals surface area contributed by atoms with Gasteiger partial charge in [0.15, 0.2) is 5.75 Å². The Labute approximate surface area is 123 Å². The second-order valence-corrected chi connectivity index (χ2v) is 4.99. The van der Waals surface area contributed by atoms with Gasteiger partial charge < -0.3 is 4.74 Å². The topological polar surface area (TPSA) is 78.2 Å². The molecule has 0 fully saturated rings. The van der Waals surface area contributed by atoms with Gasteiger partial charge in [0.25, 0.3) is 5.69 Å². The number of hydrogen-bond acceptors (Lipinski definition) is 5.